The van der Waals surface area contributed by atoms with Crippen LogP contribution in [0.2, 0.25) is 0 Å². The zero-order chi connectivity index (χ0) is 27.0. The van der Waals surface area contributed by atoms with Gasteiger partial charge in [0.05, 0.1) is 19.4 Å². The number of rotatable bonds is 9. The first-order valence-corrected chi connectivity index (χ1v) is 13.0. The van der Waals surface area contributed by atoms with E-state index in [4.69, 9.17) is 9.47 Å². The number of alkyl carbamates (subject to hydrolysis) is 1. The lowest BCUT2D eigenvalue weighted by molar-refractivity contribution is -0.124. The van der Waals surface area contributed by atoms with E-state index >= 15 is 0 Å². The van der Waals surface area contributed by atoms with E-state index in [2.05, 4.69) is 67.3 Å². The molecule has 9 heteroatoms. The molecule has 196 valence electrons. The number of aryl methyl sites for hydroxylation is 1. The van der Waals surface area contributed by atoms with E-state index in [0.717, 1.165) is 31.8 Å². The van der Waals surface area contributed by atoms with Crippen LogP contribution in [0.1, 0.15) is 43.3 Å². The second-order valence-corrected chi connectivity index (χ2v) is 10.8. The SMILES string of the molecule is Cc1cc(/C=N\NC(=O)[C@H](COCc2ccccc2)NC(=O)OC(C)(C)C)c(C)n1-c1ccc(I)cc1. The number of hydrazone groups is 1. The van der Waals surface area contributed by atoms with E-state index in [9.17, 15) is 9.59 Å². The first-order chi connectivity index (χ1) is 17.5. The number of nitrogens with zero attached hydrogens (tertiary/aromatic N) is 2. The lowest BCUT2D eigenvalue weighted by Crippen LogP contribution is -2.49. The van der Waals surface area contributed by atoms with Crippen LogP contribution < -0.4 is 10.7 Å². The van der Waals surface area contributed by atoms with Crippen molar-refractivity contribution in [1.82, 2.24) is 15.3 Å². The van der Waals surface area contributed by atoms with Crippen LogP contribution in [0.25, 0.3) is 5.69 Å². The molecule has 0 saturated heterocycles. The molecule has 3 rings (SSSR count). The Kier molecular flexibility index (Phi) is 9.87. The van der Waals surface area contributed by atoms with E-state index in [1.807, 2.05) is 50.2 Å². The summed E-state index contributed by atoms with van der Waals surface area (Å²) in [5, 5.41) is 6.73. The molecular formula is C28H33IN4O4. The van der Waals surface area contributed by atoms with Crippen molar-refractivity contribution >= 4 is 40.8 Å². The van der Waals surface area contributed by atoms with E-state index in [-0.39, 0.29) is 6.61 Å². The second kappa shape index (κ2) is 12.9. The summed E-state index contributed by atoms with van der Waals surface area (Å²) in [5.74, 6) is -0.512. The van der Waals surface area contributed by atoms with Crippen molar-refractivity contribution in [3.8, 4) is 5.69 Å². The van der Waals surface area contributed by atoms with E-state index < -0.39 is 23.6 Å². The van der Waals surface area contributed by atoms with Gasteiger partial charge in [0.2, 0.25) is 0 Å². The fraction of sp³-hybridized carbons (Fsp3) is 0.321. The quantitative estimate of drug-likeness (QED) is 0.195. The lowest BCUT2D eigenvalue weighted by Gasteiger charge is -2.22. The predicted molar refractivity (Wildman–Crippen MR) is 153 cm³/mol. The van der Waals surface area contributed by atoms with Crippen LogP contribution in [0, 0.1) is 17.4 Å². The fourth-order valence-corrected chi connectivity index (χ4v) is 4.01. The number of nitrogens with one attached hydrogen (secondary N) is 2. The number of aromatic nitrogens is 1. The number of ether oxygens (including phenoxy) is 2. The van der Waals surface area contributed by atoms with Crippen molar-refractivity contribution < 1.29 is 19.1 Å². The Morgan fingerprint density at radius 1 is 1.08 bits per heavy atom. The van der Waals surface area contributed by atoms with Crippen LogP contribution in [-0.4, -0.2) is 41.0 Å². The summed E-state index contributed by atoms with van der Waals surface area (Å²) in [6, 6.07) is 18.8. The molecule has 37 heavy (non-hydrogen) atoms. The maximum absolute atomic E-state index is 12.9. The number of hydrogen-bond donors (Lipinski definition) is 2. The minimum Gasteiger partial charge on any atom is -0.444 e. The zero-order valence-electron chi connectivity index (χ0n) is 21.7. The normalized spacial score (nSPS) is 12.4. The van der Waals surface area contributed by atoms with Crippen LogP contribution in [-0.2, 0) is 20.9 Å². The average molecular weight is 617 g/mol. The van der Waals surface area contributed by atoms with Crippen LogP contribution in [0.4, 0.5) is 4.79 Å². The van der Waals surface area contributed by atoms with Gasteiger partial charge in [-0.15, -0.1) is 0 Å². The maximum Gasteiger partial charge on any atom is 0.408 e. The Bertz CT molecular complexity index is 1230. The molecule has 2 amide bonds. The third kappa shape index (κ3) is 8.71. The van der Waals surface area contributed by atoms with Gasteiger partial charge >= 0.3 is 6.09 Å². The van der Waals surface area contributed by atoms with Gasteiger partial charge in [0.1, 0.15) is 11.6 Å². The zero-order valence-corrected chi connectivity index (χ0v) is 23.9. The van der Waals surface area contributed by atoms with Gasteiger partial charge in [0.15, 0.2) is 0 Å². The van der Waals surface area contributed by atoms with Crippen LogP contribution in [0.5, 0.6) is 0 Å². The van der Waals surface area contributed by atoms with Gasteiger partial charge in [-0.05, 0) is 93.1 Å². The van der Waals surface area contributed by atoms with Crippen LogP contribution in [0.15, 0.2) is 65.8 Å². The Hall–Kier alpha value is -3.18. The molecule has 1 aromatic heterocycles. The highest BCUT2D eigenvalue weighted by atomic mass is 127. The molecule has 8 nitrogen and oxygen atoms in total. The number of carbonyl (C=O) groups excluding carboxylic acids is 2. The molecule has 0 saturated carbocycles. The standard InChI is InChI=1S/C28H33IN4O4/c1-19-15-22(20(2)33(19)24-13-11-23(29)12-14-24)16-30-32-26(34)25(31-27(35)37-28(3,4)5)18-36-17-21-9-7-6-8-10-21/h6-16,25H,17-18H2,1-5H3,(H,31,35)(H,32,34)/b30-16-/t25-/m0/s1. The summed E-state index contributed by atoms with van der Waals surface area (Å²) >= 11 is 2.28. The Balaban J connectivity index is 1.67. The number of hydrogen-bond acceptors (Lipinski definition) is 5. The van der Waals surface area contributed by atoms with Crippen molar-refractivity contribution in [3.63, 3.8) is 0 Å². The number of halogens is 1. The molecule has 0 spiro atoms. The number of carbonyl (C=O) groups is 2. The Morgan fingerprint density at radius 3 is 2.41 bits per heavy atom. The third-order valence-electron chi connectivity index (χ3n) is 5.34. The molecular weight excluding hydrogens is 583 g/mol. The summed E-state index contributed by atoms with van der Waals surface area (Å²) < 4.78 is 14.3. The monoisotopic (exact) mass is 616 g/mol. The first kappa shape index (κ1) is 28.4. The van der Waals surface area contributed by atoms with Crippen molar-refractivity contribution in [1.29, 1.82) is 0 Å². The smallest absolute Gasteiger partial charge is 0.408 e. The molecule has 0 aliphatic carbocycles. The maximum atomic E-state index is 12.9. The number of amides is 2. The van der Waals surface area contributed by atoms with Crippen LogP contribution >= 0.6 is 22.6 Å². The molecule has 0 bridgehead atoms. The van der Waals surface area contributed by atoms with Gasteiger partial charge in [-0.3, -0.25) is 4.79 Å². The molecule has 0 radical (unpaired) electrons. The summed E-state index contributed by atoms with van der Waals surface area (Å²) in [6.07, 6.45) is 0.889. The molecule has 0 unspecified atom stereocenters. The fourth-order valence-electron chi connectivity index (χ4n) is 3.65. The molecule has 0 fully saturated rings. The van der Waals surface area contributed by atoms with Crippen molar-refractivity contribution in [2.24, 2.45) is 5.10 Å². The summed E-state index contributed by atoms with van der Waals surface area (Å²) in [4.78, 5) is 25.2. The van der Waals surface area contributed by atoms with Crippen LogP contribution in [0.3, 0.4) is 0 Å². The molecule has 0 aliphatic heterocycles. The lowest BCUT2D eigenvalue weighted by atomic mass is 10.2. The van der Waals surface area contributed by atoms with Gasteiger partial charge in [-0.2, -0.15) is 5.10 Å². The molecule has 2 N–H and O–H groups in total. The van der Waals surface area contributed by atoms with Gasteiger partial charge in [0.25, 0.3) is 5.91 Å². The first-order valence-electron chi connectivity index (χ1n) is 11.9. The molecule has 3 aromatic rings. The van der Waals surface area contributed by atoms with Gasteiger partial charge in [0, 0.05) is 26.2 Å². The Morgan fingerprint density at radius 2 is 1.76 bits per heavy atom. The van der Waals surface area contributed by atoms with Crippen molar-refractivity contribution in [3.05, 3.63) is 86.7 Å². The molecule has 1 heterocycles. The minimum atomic E-state index is -0.991. The summed E-state index contributed by atoms with van der Waals surface area (Å²) in [6.45, 7) is 9.54. The summed E-state index contributed by atoms with van der Waals surface area (Å²) in [7, 11) is 0. The topological polar surface area (TPSA) is 93.9 Å². The van der Waals surface area contributed by atoms with Crippen molar-refractivity contribution in [2.45, 2.75) is 52.9 Å². The predicted octanol–water partition coefficient (Wildman–Crippen LogP) is 5.26. The highest BCUT2D eigenvalue weighted by Crippen LogP contribution is 2.20. The molecule has 0 aliphatic rings. The average Bonchev–Trinajstić information content (AvgIpc) is 3.11. The van der Waals surface area contributed by atoms with E-state index in [0.29, 0.717) is 6.61 Å². The highest BCUT2D eigenvalue weighted by Gasteiger charge is 2.24. The van der Waals surface area contributed by atoms with Gasteiger partial charge < -0.3 is 19.4 Å². The molecule has 1 atom stereocenters. The Labute approximate surface area is 231 Å². The van der Waals surface area contributed by atoms with E-state index in [1.54, 1.807) is 27.0 Å². The van der Waals surface area contributed by atoms with Gasteiger partial charge in [-0.1, -0.05) is 30.3 Å². The third-order valence-corrected chi connectivity index (χ3v) is 6.06. The second-order valence-electron chi connectivity index (χ2n) is 9.57. The summed E-state index contributed by atoms with van der Waals surface area (Å²) in [5.41, 5.74) is 6.74. The van der Waals surface area contributed by atoms with E-state index in [1.165, 1.54) is 0 Å². The van der Waals surface area contributed by atoms with Gasteiger partial charge in [-0.25, -0.2) is 10.2 Å². The minimum absolute atomic E-state index is 0.0448. The highest BCUT2D eigenvalue weighted by molar-refractivity contribution is 14.1. The largest absolute Gasteiger partial charge is 0.444 e. The number of benzene rings is 2. The molecule has 2 aromatic carbocycles. The van der Waals surface area contributed by atoms with Crippen molar-refractivity contribution in [2.75, 3.05) is 6.61 Å².